The molecule has 0 saturated heterocycles. The molecule has 2 aromatic rings. The second kappa shape index (κ2) is 7.79. The summed E-state index contributed by atoms with van der Waals surface area (Å²) in [5.74, 6) is 1.50. The van der Waals surface area contributed by atoms with Crippen LogP contribution in [-0.2, 0) is 17.8 Å². The number of nitrogens with one attached hydrogen (secondary N) is 1. The molecule has 0 aromatic heterocycles. The van der Waals surface area contributed by atoms with Crippen molar-refractivity contribution in [3.8, 4) is 11.5 Å². The number of rotatable bonds is 5. The van der Waals surface area contributed by atoms with Gasteiger partial charge in [0.15, 0.2) is 11.5 Å². The number of benzene rings is 2. The van der Waals surface area contributed by atoms with E-state index in [0.717, 1.165) is 42.3 Å². The largest absolute Gasteiger partial charge is 0.493 e. The van der Waals surface area contributed by atoms with E-state index < -0.39 is 0 Å². The third-order valence-corrected chi connectivity index (χ3v) is 5.04. The fraction of sp³-hybridized carbons (Fsp3) is 0.381. The van der Waals surface area contributed by atoms with Crippen molar-refractivity contribution in [2.75, 3.05) is 32.6 Å². The number of carbonyl (C=O) groups excluding carboxylic acids is 1. The Bertz CT molecular complexity index is 817. The summed E-state index contributed by atoms with van der Waals surface area (Å²) in [5.41, 5.74) is 5.62. The van der Waals surface area contributed by atoms with Crippen LogP contribution in [0.1, 0.15) is 22.3 Å². The molecule has 3 rings (SSSR count). The van der Waals surface area contributed by atoms with Crippen molar-refractivity contribution in [3.63, 3.8) is 0 Å². The van der Waals surface area contributed by atoms with Crippen molar-refractivity contribution in [2.24, 2.45) is 0 Å². The van der Waals surface area contributed by atoms with Crippen LogP contribution in [0.5, 0.6) is 11.5 Å². The minimum absolute atomic E-state index is 0.0163. The molecule has 1 N–H and O–H groups in total. The number of hydrogen-bond donors (Lipinski definition) is 1. The summed E-state index contributed by atoms with van der Waals surface area (Å²) >= 11 is 0. The maximum atomic E-state index is 12.5. The molecule has 1 amide bonds. The lowest BCUT2D eigenvalue weighted by Gasteiger charge is -2.29. The van der Waals surface area contributed by atoms with Gasteiger partial charge in [0, 0.05) is 18.8 Å². The van der Waals surface area contributed by atoms with Gasteiger partial charge < -0.3 is 14.8 Å². The van der Waals surface area contributed by atoms with Crippen molar-refractivity contribution >= 4 is 11.6 Å². The number of fused-ring (bicyclic) bond motifs is 1. The zero-order chi connectivity index (χ0) is 18.7. The molecular weight excluding hydrogens is 328 g/mol. The van der Waals surface area contributed by atoms with E-state index >= 15 is 0 Å². The molecule has 1 aliphatic rings. The topological polar surface area (TPSA) is 50.8 Å². The Balaban J connectivity index is 1.67. The third-order valence-electron chi connectivity index (χ3n) is 5.04. The first kappa shape index (κ1) is 18.3. The Kier molecular flexibility index (Phi) is 5.47. The van der Waals surface area contributed by atoms with Gasteiger partial charge in [0.05, 0.1) is 20.8 Å². The molecular formula is C21H26N2O3. The van der Waals surface area contributed by atoms with Crippen LogP contribution >= 0.6 is 0 Å². The molecule has 0 atom stereocenters. The summed E-state index contributed by atoms with van der Waals surface area (Å²) in [6, 6.07) is 10.0. The average molecular weight is 354 g/mol. The molecule has 5 nitrogen and oxygen atoms in total. The summed E-state index contributed by atoms with van der Waals surface area (Å²) in [6.07, 6.45) is 0.895. The number of carbonyl (C=O) groups is 1. The number of nitrogens with zero attached hydrogens (tertiary/aromatic N) is 1. The minimum Gasteiger partial charge on any atom is -0.493 e. The number of hydrogen-bond acceptors (Lipinski definition) is 4. The van der Waals surface area contributed by atoms with E-state index in [-0.39, 0.29) is 5.91 Å². The van der Waals surface area contributed by atoms with E-state index in [4.69, 9.17) is 9.47 Å². The molecule has 0 radical (unpaired) electrons. The van der Waals surface area contributed by atoms with Gasteiger partial charge in [-0.3, -0.25) is 9.69 Å². The zero-order valence-electron chi connectivity index (χ0n) is 15.9. The van der Waals surface area contributed by atoms with Crippen LogP contribution in [-0.4, -0.2) is 38.1 Å². The molecule has 138 valence electrons. The molecule has 26 heavy (non-hydrogen) atoms. The second-order valence-electron chi connectivity index (χ2n) is 6.73. The van der Waals surface area contributed by atoms with Crippen LogP contribution in [0.25, 0.3) is 0 Å². The predicted molar refractivity (Wildman–Crippen MR) is 103 cm³/mol. The first-order valence-corrected chi connectivity index (χ1v) is 8.84. The summed E-state index contributed by atoms with van der Waals surface area (Å²) in [6.45, 7) is 6.04. The first-order valence-electron chi connectivity index (χ1n) is 8.84. The fourth-order valence-electron chi connectivity index (χ4n) is 3.36. The molecule has 1 heterocycles. The van der Waals surface area contributed by atoms with Gasteiger partial charge >= 0.3 is 0 Å². The van der Waals surface area contributed by atoms with E-state index in [1.807, 2.05) is 44.2 Å². The highest BCUT2D eigenvalue weighted by Gasteiger charge is 2.21. The van der Waals surface area contributed by atoms with E-state index in [9.17, 15) is 4.79 Å². The summed E-state index contributed by atoms with van der Waals surface area (Å²) in [5, 5.41) is 3.04. The number of methoxy groups -OCH3 is 2. The predicted octanol–water partition coefficient (Wildman–Crippen LogP) is 3.32. The number of ether oxygens (including phenoxy) is 2. The van der Waals surface area contributed by atoms with E-state index in [1.54, 1.807) is 14.2 Å². The lowest BCUT2D eigenvalue weighted by molar-refractivity contribution is -0.117. The van der Waals surface area contributed by atoms with E-state index in [2.05, 4.69) is 10.2 Å². The maximum absolute atomic E-state index is 12.5. The molecule has 5 heteroatoms. The third kappa shape index (κ3) is 3.83. The van der Waals surface area contributed by atoms with Gasteiger partial charge in [0.25, 0.3) is 0 Å². The van der Waals surface area contributed by atoms with E-state index in [1.165, 1.54) is 16.7 Å². The van der Waals surface area contributed by atoms with Gasteiger partial charge in [-0.25, -0.2) is 0 Å². The van der Waals surface area contributed by atoms with Crippen LogP contribution in [0, 0.1) is 13.8 Å². The van der Waals surface area contributed by atoms with Gasteiger partial charge in [-0.05, 0) is 60.7 Å². The van der Waals surface area contributed by atoms with Gasteiger partial charge in [0.2, 0.25) is 5.91 Å². The lowest BCUT2D eigenvalue weighted by Crippen LogP contribution is -2.37. The van der Waals surface area contributed by atoms with Gasteiger partial charge in [-0.15, -0.1) is 0 Å². The number of anilines is 1. The molecule has 2 aromatic carbocycles. The Morgan fingerprint density at radius 2 is 1.81 bits per heavy atom. The Labute approximate surface area is 154 Å². The van der Waals surface area contributed by atoms with Crippen LogP contribution < -0.4 is 14.8 Å². The Hall–Kier alpha value is -2.53. The molecule has 0 fully saturated rings. The zero-order valence-corrected chi connectivity index (χ0v) is 15.9. The number of amides is 1. The highest BCUT2D eigenvalue weighted by molar-refractivity contribution is 5.93. The van der Waals surface area contributed by atoms with Crippen molar-refractivity contribution in [3.05, 3.63) is 52.6 Å². The van der Waals surface area contributed by atoms with Crippen LogP contribution in [0.3, 0.4) is 0 Å². The summed E-state index contributed by atoms with van der Waals surface area (Å²) < 4.78 is 10.8. The molecule has 1 aliphatic heterocycles. The Morgan fingerprint density at radius 1 is 1.12 bits per heavy atom. The van der Waals surface area contributed by atoms with Crippen molar-refractivity contribution < 1.29 is 14.3 Å². The van der Waals surface area contributed by atoms with Gasteiger partial charge in [0.1, 0.15) is 0 Å². The molecule has 0 saturated carbocycles. The quantitative estimate of drug-likeness (QED) is 0.895. The minimum atomic E-state index is 0.0163. The lowest BCUT2D eigenvalue weighted by atomic mass is 9.99. The van der Waals surface area contributed by atoms with E-state index in [0.29, 0.717) is 6.54 Å². The maximum Gasteiger partial charge on any atom is 0.238 e. The Morgan fingerprint density at radius 3 is 2.50 bits per heavy atom. The monoisotopic (exact) mass is 354 g/mol. The van der Waals surface area contributed by atoms with Crippen molar-refractivity contribution in [1.29, 1.82) is 0 Å². The summed E-state index contributed by atoms with van der Waals surface area (Å²) in [4.78, 5) is 14.6. The highest BCUT2D eigenvalue weighted by atomic mass is 16.5. The normalized spacial score (nSPS) is 13.8. The smallest absolute Gasteiger partial charge is 0.238 e. The molecule has 0 aliphatic carbocycles. The van der Waals surface area contributed by atoms with Crippen LogP contribution in [0.2, 0.25) is 0 Å². The standard InChI is InChI=1S/C21H26N2O3/c1-14-6-5-7-18(15(14)2)22-21(24)13-23-9-8-16-10-19(25-3)20(26-4)11-17(16)12-23/h5-7,10-11H,8-9,12-13H2,1-4H3,(H,22,24). The van der Waals surface area contributed by atoms with Crippen molar-refractivity contribution in [2.45, 2.75) is 26.8 Å². The molecule has 0 bridgehead atoms. The van der Waals surface area contributed by atoms with Gasteiger partial charge in [-0.1, -0.05) is 12.1 Å². The van der Waals surface area contributed by atoms with Gasteiger partial charge in [-0.2, -0.15) is 0 Å². The SMILES string of the molecule is COc1cc2c(cc1OC)CN(CC(=O)Nc1cccc(C)c1C)CC2. The second-order valence-corrected chi connectivity index (χ2v) is 6.73. The fourth-order valence-corrected chi connectivity index (χ4v) is 3.36. The van der Waals surface area contributed by atoms with Crippen LogP contribution in [0.15, 0.2) is 30.3 Å². The molecule has 0 spiro atoms. The van der Waals surface area contributed by atoms with Crippen LogP contribution in [0.4, 0.5) is 5.69 Å². The first-order chi connectivity index (χ1) is 12.5. The highest BCUT2D eigenvalue weighted by Crippen LogP contribution is 2.33. The average Bonchev–Trinajstić information content (AvgIpc) is 2.64. The molecule has 0 unspecified atom stereocenters. The summed E-state index contributed by atoms with van der Waals surface area (Å²) in [7, 11) is 3.29. The number of aryl methyl sites for hydroxylation is 1. The van der Waals surface area contributed by atoms with Crippen molar-refractivity contribution in [1.82, 2.24) is 4.90 Å².